The number of carbonyl (C=O) groups excluding carboxylic acids is 1. The quantitative estimate of drug-likeness (QED) is 0.861. The number of carbonyl (C=O) groups is 1. The average Bonchev–Trinajstić information content (AvgIpc) is 3.38. The van der Waals surface area contributed by atoms with Gasteiger partial charge in [0.15, 0.2) is 0 Å². The Morgan fingerprint density at radius 2 is 2.03 bits per heavy atom. The van der Waals surface area contributed by atoms with Crippen molar-refractivity contribution in [3.05, 3.63) is 39.9 Å². The highest BCUT2D eigenvalue weighted by Gasteiger charge is 2.41. The molecule has 0 unspecified atom stereocenters. The third kappa shape index (κ3) is 3.03. The largest absolute Gasteiger partial charge is 0.367 e. The molecule has 1 aromatic carbocycles. The van der Waals surface area contributed by atoms with Gasteiger partial charge in [-0.05, 0) is 44.2 Å². The van der Waals surface area contributed by atoms with Crippen LogP contribution in [-0.4, -0.2) is 54.1 Å². The zero-order valence-corrected chi connectivity index (χ0v) is 16.8. The molecule has 3 aliphatic rings. The molecule has 2 bridgehead atoms. The van der Waals surface area contributed by atoms with Crippen LogP contribution in [0.2, 0.25) is 0 Å². The standard InChI is InChI=1S/C22H27FN4O2/c1-2-25-13-17(22(29)27-12-14-3-4-15(27)9-14)21(28)16-10-18(23)20(11-19(16)25)26-7-5-24-6-8-26/h10-11,13-15,24H,2-9,12H2,1H3/t14-,15+/m0/s1. The molecule has 2 atom stereocenters. The van der Waals surface area contributed by atoms with E-state index in [0.717, 1.165) is 45.6 Å². The summed E-state index contributed by atoms with van der Waals surface area (Å²) in [4.78, 5) is 30.2. The molecule has 6 nitrogen and oxygen atoms in total. The Labute approximate surface area is 169 Å². The van der Waals surface area contributed by atoms with E-state index in [1.54, 1.807) is 12.3 Å². The summed E-state index contributed by atoms with van der Waals surface area (Å²) in [7, 11) is 0. The van der Waals surface area contributed by atoms with Gasteiger partial charge < -0.3 is 19.7 Å². The molecule has 3 heterocycles. The molecule has 0 spiro atoms. The molecule has 5 rings (SSSR count). The number of nitrogens with zero attached hydrogens (tertiary/aromatic N) is 3. The number of pyridine rings is 1. The molecule has 1 amide bonds. The zero-order valence-electron chi connectivity index (χ0n) is 16.8. The summed E-state index contributed by atoms with van der Waals surface area (Å²) < 4.78 is 16.9. The van der Waals surface area contributed by atoms with Crippen LogP contribution in [0.4, 0.5) is 10.1 Å². The Morgan fingerprint density at radius 3 is 2.69 bits per heavy atom. The van der Waals surface area contributed by atoms with Gasteiger partial charge in [0.1, 0.15) is 11.4 Å². The van der Waals surface area contributed by atoms with E-state index in [0.29, 0.717) is 29.1 Å². The molecule has 1 saturated carbocycles. The molecule has 1 aromatic heterocycles. The summed E-state index contributed by atoms with van der Waals surface area (Å²) in [6.07, 6.45) is 4.92. The van der Waals surface area contributed by atoms with Gasteiger partial charge in [-0.2, -0.15) is 0 Å². The number of likely N-dealkylation sites (tertiary alicyclic amines) is 1. The molecule has 154 valence electrons. The lowest BCUT2D eigenvalue weighted by Gasteiger charge is -2.30. The van der Waals surface area contributed by atoms with Crippen LogP contribution in [0.1, 0.15) is 36.5 Å². The number of rotatable bonds is 3. The van der Waals surface area contributed by atoms with E-state index in [2.05, 4.69) is 5.32 Å². The van der Waals surface area contributed by atoms with Crippen molar-refractivity contribution >= 4 is 22.5 Å². The second-order valence-corrected chi connectivity index (χ2v) is 8.51. The summed E-state index contributed by atoms with van der Waals surface area (Å²) in [5.74, 6) is -0.0290. The van der Waals surface area contributed by atoms with Crippen LogP contribution < -0.4 is 15.6 Å². The second-order valence-electron chi connectivity index (χ2n) is 8.51. The SMILES string of the molecule is CCn1cc(C(=O)N2C[C@H]3CC[C@@H]2C3)c(=O)c2cc(F)c(N3CCNCC3)cc21. The van der Waals surface area contributed by atoms with Gasteiger partial charge in [-0.25, -0.2) is 4.39 Å². The highest BCUT2D eigenvalue weighted by atomic mass is 19.1. The topological polar surface area (TPSA) is 57.6 Å². The van der Waals surface area contributed by atoms with Gasteiger partial charge in [0, 0.05) is 56.9 Å². The second kappa shape index (κ2) is 7.13. The van der Waals surface area contributed by atoms with E-state index < -0.39 is 5.82 Å². The van der Waals surface area contributed by atoms with Crippen LogP contribution >= 0.6 is 0 Å². The Morgan fingerprint density at radius 1 is 1.24 bits per heavy atom. The summed E-state index contributed by atoms with van der Waals surface area (Å²) in [5.41, 5.74) is 1.02. The van der Waals surface area contributed by atoms with Crippen molar-refractivity contribution in [1.29, 1.82) is 0 Å². The number of aryl methyl sites for hydroxylation is 1. The molecule has 2 aromatic rings. The number of piperazine rings is 1. The Kier molecular flexibility index (Phi) is 4.57. The number of piperidine rings is 1. The molecular formula is C22H27FN4O2. The number of anilines is 1. The van der Waals surface area contributed by atoms with Crippen molar-refractivity contribution in [2.45, 2.75) is 38.8 Å². The van der Waals surface area contributed by atoms with Crippen molar-refractivity contribution in [3.63, 3.8) is 0 Å². The Hall–Kier alpha value is -2.41. The number of hydrogen-bond donors (Lipinski definition) is 1. The minimum Gasteiger partial charge on any atom is -0.367 e. The Balaban J connectivity index is 1.59. The first-order valence-electron chi connectivity index (χ1n) is 10.7. The van der Waals surface area contributed by atoms with E-state index in [4.69, 9.17) is 0 Å². The van der Waals surface area contributed by atoms with Gasteiger partial charge in [-0.15, -0.1) is 0 Å². The first-order chi connectivity index (χ1) is 14.1. The Bertz CT molecular complexity index is 1030. The smallest absolute Gasteiger partial charge is 0.259 e. The number of benzene rings is 1. The van der Waals surface area contributed by atoms with Crippen molar-refractivity contribution in [2.75, 3.05) is 37.6 Å². The molecule has 3 fully saturated rings. The molecular weight excluding hydrogens is 371 g/mol. The van der Waals surface area contributed by atoms with E-state index in [9.17, 15) is 14.0 Å². The van der Waals surface area contributed by atoms with Gasteiger partial charge in [-0.3, -0.25) is 9.59 Å². The monoisotopic (exact) mass is 398 g/mol. The maximum atomic E-state index is 15.0. The lowest BCUT2D eigenvalue weighted by Crippen LogP contribution is -2.44. The van der Waals surface area contributed by atoms with Gasteiger partial charge in [0.05, 0.1) is 11.2 Å². The predicted molar refractivity (Wildman–Crippen MR) is 111 cm³/mol. The molecule has 0 radical (unpaired) electrons. The lowest BCUT2D eigenvalue weighted by molar-refractivity contribution is 0.0701. The lowest BCUT2D eigenvalue weighted by atomic mass is 10.1. The highest BCUT2D eigenvalue weighted by Crippen LogP contribution is 2.38. The minimum atomic E-state index is -0.399. The maximum Gasteiger partial charge on any atom is 0.259 e. The molecule has 2 aliphatic heterocycles. The number of aromatic nitrogens is 1. The third-order valence-corrected chi connectivity index (χ3v) is 6.85. The fourth-order valence-electron chi connectivity index (χ4n) is 5.29. The number of halogens is 1. The van der Waals surface area contributed by atoms with Crippen LogP contribution in [0.5, 0.6) is 0 Å². The van der Waals surface area contributed by atoms with Gasteiger partial charge in [0.25, 0.3) is 5.91 Å². The van der Waals surface area contributed by atoms with E-state index in [-0.39, 0.29) is 22.9 Å². The summed E-state index contributed by atoms with van der Waals surface area (Å²) in [5, 5.41) is 3.56. The first-order valence-corrected chi connectivity index (χ1v) is 10.7. The van der Waals surface area contributed by atoms with Crippen molar-refractivity contribution < 1.29 is 9.18 Å². The molecule has 2 saturated heterocycles. The molecule has 7 heteroatoms. The van der Waals surface area contributed by atoms with Crippen molar-refractivity contribution in [1.82, 2.24) is 14.8 Å². The normalized spacial score (nSPS) is 23.9. The van der Waals surface area contributed by atoms with Crippen LogP contribution in [0.15, 0.2) is 23.1 Å². The first kappa shape index (κ1) is 18.6. The molecule has 1 aliphatic carbocycles. The fraction of sp³-hybridized carbons (Fsp3) is 0.545. The van der Waals surface area contributed by atoms with Crippen molar-refractivity contribution in [3.8, 4) is 0 Å². The number of amides is 1. The van der Waals surface area contributed by atoms with Crippen LogP contribution in [-0.2, 0) is 6.54 Å². The van der Waals surface area contributed by atoms with Gasteiger partial charge in [-0.1, -0.05) is 0 Å². The minimum absolute atomic E-state index is 0.168. The average molecular weight is 398 g/mol. The van der Waals surface area contributed by atoms with Crippen molar-refractivity contribution in [2.24, 2.45) is 5.92 Å². The van der Waals surface area contributed by atoms with E-state index in [1.807, 2.05) is 21.3 Å². The fourth-order valence-corrected chi connectivity index (χ4v) is 5.29. The number of fused-ring (bicyclic) bond motifs is 3. The van der Waals surface area contributed by atoms with Crippen LogP contribution in [0.25, 0.3) is 10.9 Å². The number of hydrogen-bond acceptors (Lipinski definition) is 4. The van der Waals surface area contributed by atoms with Crippen LogP contribution in [0, 0.1) is 11.7 Å². The summed E-state index contributed by atoms with van der Waals surface area (Å²) in [6.45, 7) is 6.40. The zero-order chi connectivity index (χ0) is 20.1. The molecule has 1 N–H and O–H groups in total. The summed E-state index contributed by atoms with van der Waals surface area (Å²) in [6, 6.07) is 3.35. The highest BCUT2D eigenvalue weighted by molar-refractivity contribution is 5.98. The van der Waals surface area contributed by atoms with Gasteiger partial charge >= 0.3 is 0 Å². The van der Waals surface area contributed by atoms with E-state index in [1.165, 1.54) is 12.5 Å². The summed E-state index contributed by atoms with van der Waals surface area (Å²) >= 11 is 0. The third-order valence-electron chi connectivity index (χ3n) is 6.85. The maximum absolute atomic E-state index is 15.0. The van der Waals surface area contributed by atoms with Gasteiger partial charge in [0.2, 0.25) is 5.43 Å². The van der Waals surface area contributed by atoms with E-state index >= 15 is 0 Å². The predicted octanol–water partition coefficient (Wildman–Crippen LogP) is 2.19. The number of nitrogens with one attached hydrogen (secondary N) is 1. The van der Waals surface area contributed by atoms with Crippen LogP contribution in [0.3, 0.4) is 0 Å². The molecule has 29 heavy (non-hydrogen) atoms.